The molecule has 1 aliphatic carbocycles. The highest BCUT2D eigenvalue weighted by Gasteiger charge is 2.10. The summed E-state index contributed by atoms with van der Waals surface area (Å²) in [6.45, 7) is 7.02. The van der Waals surface area contributed by atoms with Gasteiger partial charge in [0.1, 0.15) is 0 Å². The molecule has 1 saturated heterocycles. The maximum absolute atomic E-state index is 11.7. The summed E-state index contributed by atoms with van der Waals surface area (Å²) in [5.41, 5.74) is 1.59. The van der Waals surface area contributed by atoms with Gasteiger partial charge in [0.15, 0.2) is 0 Å². The van der Waals surface area contributed by atoms with Crippen LogP contribution in [0.15, 0.2) is 11.6 Å². The fraction of sp³-hybridized carbons (Fsp3) is 0.824. The van der Waals surface area contributed by atoms with Crippen molar-refractivity contribution in [2.45, 2.75) is 38.5 Å². The highest BCUT2D eigenvalue weighted by molar-refractivity contribution is 5.76. The molecule has 2 N–H and O–H groups in total. The number of nitrogens with one attached hydrogen (secondary N) is 2. The fourth-order valence-electron chi connectivity index (χ4n) is 2.97. The normalized spacial score (nSPS) is 19.7. The van der Waals surface area contributed by atoms with E-state index < -0.39 is 0 Å². The summed E-state index contributed by atoms with van der Waals surface area (Å²) in [6, 6.07) is 0. The zero-order valence-corrected chi connectivity index (χ0v) is 13.7. The smallest absolute Gasteiger partial charge is 0.221 e. The SMILES string of the molecule is O=C(CCNCCC1=CCCCC1)NCCN1CCOCC1. The summed E-state index contributed by atoms with van der Waals surface area (Å²) in [7, 11) is 0. The van der Waals surface area contributed by atoms with Crippen LogP contribution < -0.4 is 10.6 Å². The van der Waals surface area contributed by atoms with Crippen LogP contribution in [-0.4, -0.2) is 63.3 Å². The number of carbonyl (C=O) groups is 1. The molecule has 0 saturated carbocycles. The van der Waals surface area contributed by atoms with Crippen LogP contribution in [0.2, 0.25) is 0 Å². The van der Waals surface area contributed by atoms with Gasteiger partial charge >= 0.3 is 0 Å². The number of hydrogen-bond donors (Lipinski definition) is 2. The number of amides is 1. The molecule has 0 unspecified atom stereocenters. The quantitative estimate of drug-likeness (QED) is 0.498. The van der Waals surface area contributed by atoms with E-state index in [9.17, 15) is 4.79 Å². The van der Waals surface area contributed by atoms with E-state index in [1.165, 1.54) is 25.7 Å². The predicted octanol–water partition coefficient (Wildman–Crippen LogP) is 1.31. The van der Waals surface area contributed by atoms with Gasteiger partial charge in [-0.25, -0.2) is 0 Å². The Hall–Kier alpha value is -0.910. The van der Waals surface area contributed by atoms with E-state index in [4.69, 9.17) is 4.74 Å². The van der Waals surface area contributed by atoms with Crippen LogP contribution in [0.5, 0.6) is 0 Å². The standard InChI is InChI=1S/C17H31N3O2/c21-17(19-10-11-20-12-14-22-15-13-20)7-9-18-8-6-16-4-2-1-3-5-16/h4,18H,1-3,5-15H2,(H,19,21). The van der Waals surface area contributed by atoms with Crippen LogP contribution in [-0.2, 0) is 9.53 Å². The van der Waals surface area contributed by atoms with Gasteiger partial charge in [-0.1, -0.05) is 11.6 Å². The van der Waals surface area contributed by atoms with E-state index in [1.54, 1.807) is 5.57 Å². The molecule has 0 atom stereocenters. The van der Waals surface area contributed by atoms with E-state index >= 15 is 0 Å². The van der Waals surface area contributed by atoms with Crippen LogP contribution in [0.1, 0.15) is 38.5 Å². The molecule has 0 radical (unpaired) electrons. The van der Waals surface area contributed by atoms with Crippen molar-refractivity contribution in [2.75, 3.05) is 52.5 Å². The fourth-order valence-corrected chi connectivity index (χ4v) is 2.97. The van der Waals surface area contributed by atoms with Gasteiger partial charge < -0.3 is 15.4 Å². The Labute approximate surface area is 134 Å². The predicted molar refractivity (Wildman–Crippen MR) is 88.9 cm³/mol. The van der Waals surface area contributed by atoms with Crippen molar-refractivity contribution in [3.8, 4) is 0 Å². The van der Waals surface area contributed by atoms with Crippen molar-refractivity contribution in [2.24, 2.45) is 0 Å². The Bertz CT molecular complexity index is 352. The molecule has 0 spiro atoms. The number of rotatable bonds is 9. The number of carbonyl (C=O) groups excluding carboxylic acids is 1. The largest absolute Gasteiger partial charge is 0.379 e. The second kappa shape index (κ2) is 10.8. The van der Waals surface area contributed by atoms with E-state index in [1.807, 2.05) is 0 Å². The lowest BCUT2D eigenvalue weighted by molar-refractivity contribution is -0.121. The van der Waals surface area contributed by atoms with Gasteiger partial charge in [0.25, 0.3) is 0 Å². The van der Waals surface area contributed by atoms with Crippen LogP contribution in [0.25, 0.3) is 0 Å². The molecule has 5 nitrogen and oxygen atoms in total. The van der Waals surface area contributed by atoms with E-state index in [0.29, 0.717) is 6.42 Å². The maximum Gasteiger partial charge on any atom is 0.221 e. The summed E-state index contributed by atoms with van der Waals surface area (Å²) in [5, 5.41) is 6.37. The van der Waals surface area contributed by atoms with Crippen LogP contribution >= 0.6 is 0 Å². The first-order valence-electron chi connectivity index (χ1n) is 8.80. The molecule has 0 bridgehead atoms. The Morgan fingerprint density at radius 1 is 1.18 bits per heavy atom. The summed E-state index contributed by atoms with van der Waals surface area (Å²) in [6.07, 6.45) is 9.31. The highest BCUT2D eigenvalue weighted by atomic mass is 16.5. The summed E-state index contributed by atoms with van der Waals surface area (Å²) in [5.74, 6) is 0.151. The van der Waals surface area contributed by atoms with Crippen molar-refractivity contribution >= 4 is 5.91 Å². The molecular formula is C17H31N3O2. The summed E-state index contributed by atoms with van der Waals surface area (Å²) < 4.78 is 5.31. The Balaban J connectivity index is 1.41. The molecule has 0 aromatic heterocycles. The molecule has 1 heterocycles. The zero-order valence-electron chi connectivity index (χ0n) is 13.7. The zero-order chi connectivity index (χ0) is 15.5. The van der Waals surface area contributed by atoms with Crippen molar-refractivity contribution in [3.05, 3.63) is 11.6 Å². The second-order valence-electron chi connectivity index (χ2n) is 6.16. The van der Waals surface area contributed by atoms with Gasteiger partial charge in [-0.15, -0.1) is 0 Å². The molecule has 2 rings (SSSR count). The minimum atomic E-state index is 0.151. The molecule has 0 aromatic rings. The third-order valence-electron chi connectivity index (χ3n) is 4.39. The van der Waals surface area contributed by atoms with Gasteiger partial charge in [0.05, 0.1) is 13.2 Å². The van der Waals surface area contributed by atoms with Crippen molar-refractivity contribution in [1.82, 2.24) is 15.5 Å². The van der Waals surface area contributed by atoms with Crippen LogP contribution in [0.3, 0.4) is 0 Å². The maximum atomic E-state index is 11.7. The van der Waals surface area contributed by atoms with E-state index in [2.05, 4.69) is 21.6 Å². The first-order chi connectivity index (χ1) is 10.8. The highest BCUT2D eigenvalue weighted by Crippen LogP contribution is 2.19. The lowest BCUT2D eigenvalue weighted by atomic mass is 9.97. The minimum absolute atomic E-state index is 0.151. The first kappa shape index (κ1) is 17.4. The molecule has 2 aliphatic rings. The van der Waals surface area contributed by atoms with Gasteiger partial charge in [-0.3, -0.25) is 9.69 Å². The Kier molecular flexibility index (Phi) is 8.53. The average molecular weight is 309 g/mol. The van der Waals surface area contributed by atoms with Crippen LogP contribution in [0, 0.1) is 0 Å². The molecule has 22 heavy (non-hydrogen) atoms. The summed E-state index contributed by atoms with van der Waals surface area (Å²) >= 11 is 0. The van der Waals surface area contributed by atoms with Gasteiger partial charge in [0.2, 0.25) is 5.91 Å². The van der Waals surface area contributed by atoms with Crippen molar-refractivity contribution in [3.63, 3.8) is 0 Å². The molecule has 5 heteroatoms. The van der Waals surface area contributed by atoms with E-state index in [0.717, 1.165) is 58.9 Å². The topological polar surface area (TPSA) is 53.6 Å². The Morgan fingerprint density at radius 3 is 2.82 bits per heavy atom. The number of nitrogens with zero attached hydrogens (tertiary/aromatic N) is 1. The first-order valence-corrected chi connectivity index (χ1v) is 8.80. The molecule has 0 aromatic carbocycles. The second-order valence-corrected chi connectivity index (χ2v) is 6.16. The molecule has 126 valence electrons. The Morgan fingerprint density at radius 2 is 2.05 bits per heavy atom. The van der Waals surface area contributed by atoms with Crippen molar-refractivity contribution < 1.29 is 9.53 Å². The minimum Gasteiger partial charge on any atom is -0.379 e. The lowest BCUT2D eigenvalue weighted by Crippen LogP contribution is -2.41. The molecular weight excluding hydrogens is 278 g/mol. The number of ether oxygens (including phenoxy) is 1. The number of allylic oxidation sites excluding steroid dienone is 1. The summed E-state index contributed by atoms with van der Waals surface area (Å²) in [4.78, 5) is 14.1. The molecule has 1 fully saturated rings. The monoisotopic (exact) mass is 309 g/mol. The molecule has 1 amide bonds. The third-order valence-corrected chi connectivity index (χ3v) is 4.39. The number of hydrogen-bond acceptors (Lipinski definition) is 4. The number of morpholine rings is 1. The third kappa shape index (κ3) is 7.38. The van der Waals surface area contributed by atoms with Gasteiger partial charge in [-0.05, 0) is 38.6 Å². The van der Waals surface area contributed by atoms with Crippen LogP contribution in [0.4, 0.5) is 0 Å². The molecule has 1 aliphatic heterocycles. The van der Waals surface area contributed by atoms with E-state index in [-0.39, 0.29) is 5.91 Å². The van der Waals surface area contributed by atoms with Gasteiger partial charge in [0, 0.05) is 39.1 Å². The lowest BCUT2D eigenvalue weighted by Gasteiger charge is -2.26. The average Bonchev–Trinajstić information content (AvgIpc) is 2.56. The van der Waals surface area contributed by atoms with Gasteiger partial charge in [-0.2, -0.15) is 0 Å². The van der Waals surface area contributed by atoms with Crippen molar-refractivity contribution in [1.29, 1.82) is 0 Å².